The summed E-state index contributed by atoms with van der Waals surface area (Å²) in [5, 5.41) is 3.32. The van der Waals surface area contributed by atoms with Crippen LogP contribution in [0, 0.1) is 5.82 Å². The molecule has 0 unspecified atom stereocenters. The largest absolute Gasteiger partial charge is 0.491 e. The lowest BCUT2D eigenvalue weighted by Gasteiger charge is -2.18. The Labute approximate surface area is 115 Å². The van der Waals surface area contributed by atoms with E-state index in [0.29, 0.717) is 12.4 Å². The monoisotopic (exact) mass is 268 g/mol. The van der Waals surface area contributed by atoms with Crippen LogP contribution in [0.2, 0.25) is 0 Å². The minimum absolute atomic E-state index is 0.141. The van der Waals surface area contributed by atoms with E-state index in [0.717, 1.165) is 31.5 Å². The predicted molar refractivity (Wildman–Crippen MR) is 77.0 cm³/mol. The van der Waals surface area contributed by atoms with E-state index in [-0.39, 0.29) is 11.4 Å². The van der Waals surface area contributed by atoms with E-state index in [9.17, 15) is 4.39 Å². The van der Waals surface area contributed by atoms with Gasteiger partial charge < -0.3 is 15.8 Å². The molecule has 3 N–H and O–H groups in total. The topological polar surface area (TPSA) is 47.3 Å². The van der Waals surface area contributed by atoms with Crippen molar-refractivity contribution < 1.29 is 9.13 Å². The van der Waals surface area contributed by atoms with Crippen molar-refractivity contribution in [3.05, 3.63) is 29.6 Å². The summed E-state index contributed by atoms with van der Waals surface area (Å²) in [6.07, 6.45) is 1.72. The normalized spacial score (nSPS) is 11.6. The van der Waals surface area contributed by atoms with Gasteiger partial charge in [0.25, 0.3) is 0 Å². The van der Waals surface area contributed by atoms with Gasteiger partial charge in [-0.15, -0.1) is 0 Å². The number of benzene rings is 1. The standard InChI is InChI=1S/C15H25FN2O/c1-4-19-14-6-5-12(11-13(14)16)7-9-18-10-8-15(2,3)17/h5-6,11,18H,4,7-10,17H2,1-3H3. The van der Waals surface area contributed by atoms with Gasteiger partial charge >= 0.3 is 0 Å². The highest BCUT2D eigenvalue weighted by molar-refractivity contribution is 5.29. The highest BCUT2D eigenvalue weighted by atomic mass is 19.1. The maximum atomic E-state index is 13.6. The van der Waals surface area contributed by atoms with Crippen molar-refractivity contribution >= 4 is 0 Å². The Morgan fingerprint density at radius 2 is 2.05 bits per heavy atom. The van der Waals surface area contributed by atoms with Gasteiger partial charge in [0.1, 0.15) is 0 Å². The molecule has 1 aromatic rings. The summed E-state index contributed by atoms with van der Waals surface area (Å²) in [6, 6.07) is 5.14. The van der Waals surface area contributed by atoms with Crippen molar-refractivity contribution in [1.29, 1.82) is 0 Å². The molecule has 0 aliphatic heterocycles. The van der Waals surface area contributed by atoms with Gasteiger partial charge in [-0.05, 0) is 64.4 Å². The van der Waals surface area contributed by atoms with Crippen molar-refractivity contribution in [3.63, 3.8) is 0 Å². The zero-order valence-electron chi connectivity index (χ0n) is 12.1. The van der Waals surface area contributed by atoms with E-state index in [4.69, 9.17) is 10.5 Å². The lowest BCUT2D eigenvalue weighted by atomic mass is 10.0. The second-order valence-electron chi connectivity index (χ2n) is 5.44. The highest BCUT2D eigenvalue weighted by Gasteiger charge is 2.09. The third-order valence-electron chi connectivity index (χ3n) is 2.83. The SMILES string of the molecule is CCOc1ccc(CCNCCC(C)(C)N)cc1F. The van der Waals surface area contributed by atoms with E-state index in [1.54, 1.807) is 12.1 Å². The van der Waals surface area contributed by atoms with E-state index in [2.05, 4.69) is 5.32 Å². The lowest BCUT2D eigenvalue weighted by molar-refractivity contribution is 0.321. The van der Waals surface area contributed by atoms with Crippen LogP contribution in [0.5, 0.6) is 5.75 Å². The van der Waals surface area contributed by atoms with Crippen molar-refractivity contribution in [2.24, 2.45) is 5.73 Å². The fraction of sp³-hybridized carbons (Fsp3) is 0.600. The van der Waals surface area contributed by atoms with Gasteiger partial charge in [0.2, 0.25) is 0 Å². The molecule has 0 amide bonds. The third kappa shape index (κ3) is 6.55. The molecule has 0 aromatic heterocycles. The number of nitrogens with one attached hydrogen (secondary N) is 1. The quantitative estimate of drug-likeness (QED) is 0.712. The lowest BCUT2D eigenvalue weighted by Crippen LogP contribution is -2.36. The number of ether oxygens (including phenoxy) is 1. The van der Waals surface area contributed by atoms with Gasteiger partial charge in [-0.3, -0.25) is 0 Å². The van der Waals surface area contributed by atoms with E-state index in [1.165, 1.54) is 0 Å². The Kier molecular flexibility index (Phi) is 6.25. The molecule has 0 saturated carbocycles. The second kappa shape index (κ2) is 7.46. The Hall–Kier alpha value is -1.13. The molecule has 19 heavy (non-hydrogen) atoms. The molecule has 108 valence electrons. The van der Waals surface area contributed by atoms with E-state index in [1.807, 2.05) is 26.8 Å². The molecule has 0 bridgehead atoms. The molecule has 0 aliphatic rings. The summed E-state index contributed by atoms with van der Waals surface area (Å²) < 4.78 is 18.8. The molecule has 1 rings (SSSR count). The van der Waals surface area contributed by atoms with Crippen LogP contribution >= 0.6 is 0 Å². The summed E-state index contributed by atoms with van der Waals surface area (Å²) in [7, 11) is 0. The smallest absolute Gasteiger partial charge is 0.165 e. The zero-order chi connectivity index (χ0) is 14.3. The number of nitrogens with two attached hydrogens (primary N) is 1. The molecule has 3 nitrogen and oxygen atoms in total. The number of rotatable bonds is 8. The van der Waals surface area contributed by atoms with Crippen molar-refractivity contribution in [3.8, 4) is 5.75 Å². The van der Waals surface area contributed by atoms with Gasteiger partial charge in [-0.25, -0.2) is 4.39 Å². The Bertz CT molecular complexity index is 388. The third-order valence-corrected chi connectivity index (χ3v) is 2.83. The molecule has 0 spiro atoms. The zero-order valence-corrected chi connectivity index (χ0v) is 12.1. The minimum Gasteiger partial charge on any atom is -0.491 e. The average molecular weight is 268 g/mol. The molecule has 4 heteroatoms. The van der Waals surface area contributed by atoms with Crippen LogP contribution in [0.3, 0.4) is 0 Å². The first-order valence-electron chi connectivity index (χ1n) is 6.83. The summed E-state index contributed by atoms with van der Waals surface area (Å²) >= 11 is 0. The number of hydrogen-bond acceptors (Lipinski definition) is 3. The van der Waals surface area contributed by atoms with Crippen LogP contribution in [0.4, 0.5) is 4.39 Å². The summed E-state index contributed by atoms with van der Waals surface area (Å²) in [4.78, 5) is 0. The van der Waals surface area contributed by atoms with E-state index < -0.39 is 0 Å². The summed E-state index contributed by atoms with van der Waals surface area (Å²) in [5.74, 6) is 0.0338. The molecular weight excluding hydrogens is 243 g/mol. The molecule has 0 atom stereocenters. The summed E-state index contributed by atoms with van der Waals surface area (Å²) in [6.45, 7) is 8.04. The fourth-order valence-corrected chi connectivity index (χ4v) is 1.74. The predicted octanol–water partition coefficient (Wildman–Crippen LogP) is 2.48. The van der Waals surface area contributed by atoms with Gasteiger partial charge in [0.05, 0.1) is 6.61 Å². The van der Waals surface area contributed by atoms with Crippen LogP contribution in [0.1, 0.15) is 32.8 Å². The van der Waals surface area contributed by atoms with Gasteiger partial charge in [-0.1, -0.05) is 6.07 Å². The first-order chi connectivity index (χ1) is 8.92. The molecule has 1 aromatic carbocycles. The molecular formula is C15H25FN2O. The molecule has 0 heterocycles. The maximum absolute atomic E-state index is 13.6. The molecule has 0 saturated heterocycles. The van der Waals surface area contributed by atoms with Gasteiger partial charge in [0, 0.05) is 5.54 Å². The first-order valence-corrected chi connectivity index (χ1v) is 6.83. The first kappa shape index (κ1) is 15.9. The maximum Gasteiger partial charge on any atom is 0.165 e. The van der Waals surface area contributed by atoms with Crippen molar-refractivity contribution in [2.45, 2.75) is 39.2 Å². The van der Waals surface area contributed by atoms with Gasteiger partial charge in [0.15, 0.2) is 11.6 Å². The highest BCUT2D eigenvalue weighted by Crippen LogP contribution is 2.18. The average Bonchev–Trinajstić information content (AvgIpc) is 2.31. The van der Waals surface area contributed by atoms with Gasteiger partial charge in [-0.2, -0.15) is 0 Å². The number of halogens is 1. The van der Waals surface area contributed by atoms with Crippen LogP contribution in [0.25, 0.3) is 0 Å². The number of hydrogen-bond donors (Lipinski definition) is 2. The fourth-order valence-electron chi connectivity index (χ4n) is 1.74. The van der Waals surface area contributed by atoms with Crippen molar-refractivity contribution in [2.75, 3.05) is 19.7 Å². The Balaban J connectivity index is 2.32. The van der Waals surface area contributed by atoms with Crippen molar-refractivity contribution in [1.82, 2.24) is 5.32 Å². The van der Waals surface area contributed by atoms with Crippen LogP contribution in [-0.2, 0) is 6.42 Å². The second-order valence-corrected chi connectivity index (χ2v) is 5.44. The Morgan fingerprint density at radius 3 is 2.63 bits per heavy atom. The molecule has 0 radical (unpaired) electrons. The van der Waals surface area contributed by atoms with Crippen LogP contribution in [0.15, 0.2) is 18.2 Å². The minimum atomic E-state index is -0.289. The molecule has 0 aliphatic carbocycles. The summed E-state index contributed by atoms with van der Waals surface area (Å²) in [5.41, 5.74) is 6.72. The van der Waals surface area contributed by atoms with Crippen LogP contribution in [-0.4, -0.2) is 25.2 Å². The van der Waals surface area contributed by atoms with Crippen LogP contribution < -0.4 is 15.8 Å². The molecule has 0 fully saturated rings. The Morgan fingerprint density at radius 1 is 1.32 bits per heavy atom. The van der Waals surface area contributed by atoms with E-state index >= 15 is 0 Å².